The van der Waals surface area contributed by atoms with Gasteiger partial charge in [-0.25, -0.2) is 23.5 Å². The van der Waals surface area contributed by atoms with Crippen molar-refractivity contribution in [2.75, 3.05) is 43.4 Å². The highest BCUT2D eigenvalue weighted by Crippen LogP contribution is 2.41. The van der Waals surface area contributed by atoms with E-state index in [0.717, 1.165) is 74.6 Å². The van der Waals surface area contributed by atoms with Crippen LogP contribution in [0.4, 0.5) is 17.3 Å². The monoisotopic (exact) mass is 590 g/mol. The molecule has 4 aromatic rings. The number of nitrogens with zero attached hydrogens (tertiary/aromatic N) is 5. The number of aromatic amines is 1. The molecule has 42 heavy (non-hydrogen) atoms. The van der Waals surface area contributed by atoms with Gasteiger partial charge in [-0.1, -0.05) is 20.8 Å². The number of rotatable bonds is 6. The standard InChI is InChI=1S/C31H42N8O2S/c1-31(2,3)28-20-33-29(36-28)21-5-9-24(10-6-21)39-27-14-13-25(42(32,40)41)19-26(27)35-30(39)34-22-7-11-23(12-8-22)38-17-15-37(4)16-18-38/h7-8,11-14,19-21,24H,5-6,9-10,15-18H2,1-4H3,(H,33,36)(H,34,35)(H2,32,40,41). The third kappa shape index (κ3) is 5.91. The van der Waals surface area contributed by atoms with Crippen LogP contribution in [0.1, 0.15) is 69.9 Å². The van der Waals surface area contributed by atoms with Crippen molar-refractivity contribution in [3.63, 3.8) is 0 Å². The van der Waals surface area contributed by atoms with Gasteiger partial charge in [-0.2, -0.15) is 0 Å². The highest BCUT2D eigenvalue weighted by Gasteiger charge is 2.29. The van der Waals surface area contributed by atoms with Gasteiger partial charge in [0.2, 0.25) is 16.0 Å². The molecule has 0 radical (unpaired) electrons. The van der Waals surface area contributed by atoms with E-state index in [1.165, 1.54) is 5.69 Å². The molecule has 0 spiro atoms. The van der Waals surface area contributed by atoms with Gasteiger partial charge in [0.25, 0.3) is 0 Å². The molecule has 1 saturated carbocycles. The number of hydrogen-bond donors (Lipinski definition) is 3. The maximum absolute atomic E-state index is 12.1. The van der Waals surface area contributed by atoms with E-state index < -0.39 is 10.0 Å². The Balaban J connectivity index is 1.26. The lowest BCUT2D eigenvalue weighted by Gasteiger charge is -2.34. The molecule has 0 atom stereocenters. The van der Waals surface area contributed by atoms with E-state index in [1.807, 2.05) is 12.3 Å². The zero-order chi connectivity index (χ0) is 29.6. The van der Waals surface area contributed by atoms with Gasteiger partial charge in [-0.15, -0.1) is 0 Å². The fourth-order valence-corrected chi connectivity index (χ4v) is 6.73. The highest BCUT2D eigenvalue weighted by atomic mass is 32.2. The first-order valence-corrected chi connectivity index (χ1v) is 16.4. The highest BCUT2D eigenvalue weighted by molar-refractivity contribution is 7.89. The predicted molar refractivity (Wildman–Crippen MR) is 168 cm³/mol. The number of nitrogens with two attached hydrogens (primary N) is 1. The third-order valence-electron chi connectivity index (χ3n) is 8.83. The topological polar surface area (TPSA) is 125 Å². The Bertz CT molecular complexity index is 1650. The average molecular weight is 591 g/mol. The number of piperazine rings is 1. The predicted octanol–water partition coefficient (Wildman–Crippen LogP) is 5.10. The van der Waals surface area contributed by atoms with Crippen molar-refractivity contribution in [1.82, 2.24) is 24.4 Å². The van der Waals surface area contributed by atoms with Crippen LogP contribution in [-0.2, 0) is 15.4 Å². The first kappa shape index (κ1) is 28.7. The van der Waals surface area contributed by atoms with Crippen molar-refractivity contribution < 1.29 is 8.42 Å². The average Bonchev–Trinajstić information content (AvgIpc) is 3.59. The number of likely N-dealkylation sites (N-methyl/N-ethyl adjacent to an activating group) is 1. The molecule has 1 aliphatic heterocycles. The van der Waals surface area contributed by atoms with Crippen LogP contribution in [0.25, 0.3) is 11.0 Å². The molecule has 2 aromatic heterocycles. The largest absolute Gasteiger partial charge is 0.369 e. The molecule has 1 saturated heterocycles. The maximum Gasteiger partial charge on any atom is 0.238 e. The van der Waals surface area contributed by atoms with E-state index in [-0.39, 0.29) is 16.4 Å². The SMILES string of the molecule is CN1CCN(c2ccc(Nc3nc4cc(S(N)(=O)=O)ccc4n3C3CCC(c4ncc(C(C)(C)C)[nH]4)CC3)cc2)CC1. The Labute approximate surface area is 248 Å². The van der Waals surface area contributed by atoms with E-state index in [4.69, 9.17) is 15.1 Å². The summed E-state index contributed by atoms with van der Waals surface area (Å²) < 4.78 is 26.4. The molecule has 0 bridgehead atoms. The number of hydrogen-bond acceptors (Lipinski definition) is 7. The smallest absolute Gasteiger partial charge is 0.238 e. The van der Waals surface area contributed by atoms with Crippen molar-refractivity contribution in [3.05, 3.63) is 60.2 Å². The van der Waals surface area contributed by atoms with Crippen LogP contribution < -0.4 is 15.4 Å². The van der Waals surface area contributed by atoms with Crippen molar-refractivity contribution in [1.29, 1.82) is 0 Å². The molecule has 6 rings (SSSR count). The Hall–Kier alpha value is -3.41. The lowest BCUT2D eigenvalue weighted by molar-refractivity contribution is 0.313. The van der Waals surface area contributed by atoms with Gasteiger partial charge in [-0.3, -0.25) is 0 Å². The first-order chi connectivity index (χ1) is 20.0. The maximum atomic E-state index is 12.1. The molecule has 0 amide bonds. The van der Waals surface area contributed by atoms with Crippen molar-refractivity contribution in [2.45, 2.75) is 68.7 Å². The second-order valence-corrected chi connectivity index (χ2v) is 14.5. The summed E-state index contributed by atoms with van der Waals surface area (Å²) in [5, 5.41) is 8.99. The molecular formula is C31H42N8O2S. The number of nitrogens with one attached hydrogen (secondary N) is 2. The Morgan fingerprint density at radius 2 is 1.67 bits per heavy atom. The molecular weight excluding hydrogens is 548 g/mol. The second kappa shape index (κ2) is 11.0. The van der Waals surface area contributed by atoms with E-state index in [1.54, 1.807) is 12.1 Å². The van der Waals surface area contributed by atoms with Gasteiger partial charge in [0, 0.05) is 66.8 Å². The van der Waals surface area contributed by atoms with Crippen LogP contribution >= 0.6 is 0 Å². The fraction of sp³-hybridized carbons (Fsp3) is 0.484. The minimum atomic E-state index is -3.83. The Morgan fingerprint density at radius 1 is 0.976 bits per heavy atom. The number of anilines is 3. The molecule has 1 aliphatic carbocycles. The summed E-state index contributed by atoms with van der Waals surface area (Å²) in [7, 11) is -1.67. The van der Waals surface area contributed by atoms with Crippen molar-refractivity contribution in [3.8, 4) is 0 Å². The van der Waals surface area contributed by atoms with E-state index in [9.17, 15) is 8.42 Å². The van der Waals surface area contributed by atoms with Crippen LogP contribution in [-0.4, -0.2) is 66.1 Å². The number of benzene rings is 2. The van der Waals surface area contributed by atoms with Gasteiger partial charge in [0.1, 0.15) is 5.82 Å². The minimum absolute atomic E-state index is 0.0390. The minimum Gasteiger partial charge on any atom is -0.369 e. The lowest BCUT2D eigenvalue weighted by atomic mass is 9.85. The number of H-pyrrole nitrogens is 1. The molecule has 11 heteroatoms. The Kier molecular flexibility index (Phi) is 7.53. The number of sulfonamides is 1. The molecule has 2 aliphatic rings. The fourth-order valence-electron chi connectivity index (χ4n) is 6.20. The third-order valence-corrected chi connectivity index (χ3v) is 9.74. The molecule has 224 valence electrons. The van der Waals surface area contributed by atoms with E-state index >= 15 is 0 Å². The second-order valence-electron chi connectivity index (χ2n) is 12.9. The Morgan fingerprint density at radius 3 is 2.29 bits per heavy atom. The molecule has 2 aromatic carbocycles. The zero-order valence-electron chi connectivity index (χ0n) is 25.0. The first-order valence-electron chi connectivity index (χ1n) is 14.9. The van der Waals surface area contributed by atoms with Gasteiger partial charge in [-0.05, 0) is 75.2 Å². The lowest BCUT2D eigenvalue weighted by Crippen LogP contribution is -2.44. The van der Waals surface area contributed by atoms with Crippen molar-refractivity contribution in [2.24, 2.45) is 5.14 Å². The van der Waals surface area contributed by atoms with Gasteiger partial charge >= 0.3 is 0 Å². The van der Waals surface area contributed by atoms with E-state index in [0.29, 0.717) is 17.4 Å². The van der Waals surface area contributed by atoms with Crippen LogP contribution in [0.3, 0.4) is 0 Å². The molecule has 4 N–H and O–H groups in total. The molecule has 10 nitrogen and oxygen atoms in total. The van der Waals surface area contributed by atoms with Crippen molar-refractivity contribution >= 4 is 38.4 Å². The van der Waals surface area contributed by atoms with Gasteiger partial charge < -0.3 is 24.7 Å². The van der Waals surface area contributed by atoms with Crippen LogP contribution in [0.15, 0.2) is 53.6 Å². The normalized spacial score (nSPS) is 20.7. The summed E-state index contributed by atoms with van der Waals surface area (Å²) in [6.07, 6.45) is 5.93. The van der Waals surface area contributed by atoms with Crippen LogP contribution in [0, 0.1) is 0 Å². The summed E-state index contributed by atoms with van der Waals surface area (Å²) in [6.45, 7) is 10.7. The summed E-state index contributed by atoms with van der Waals surface area (Å²) in [5.41, 5.74) is 4.87. The number of imidazole rings is 2. The zero-order valence-corrected chi connectivity index (χ0v) is 25.8. The summed E-state index contributed by atoms with van der Waals surface area (Å²) in [6, 6.07) is 13.7. The number of primary sulfonamides is 1. The van der Waals surface area contributed by atoms with Gasteiger partial charge in [0.05, 0.1) is 15.9 Å². The molecule has 2 fully saturated rings. The van der Waals surface area contributed by atoms with Gasteiger partial charge in [0.15, 0.2) is 0 Å². The quantitative estimate of drug-likeness (QED) is 0.285. The summed E-state index contributed by atoms with van der Waals surface area (Å²) in [4.78, 5) is 18.0. The molecule has 3 heterocycles. The summed E-state index contributed by atoms with van der Waals surface area (Å²) >= 11 is 0. The number of fused-ring (bicyclic) bond motifs is 1. The van der Waals surface area contributed by atoms with Crippen LogP contribution in [0.2, 0.25) is 0 Å². The van der Waals surface area contributed by atoms with E-state index in [2.05, 4.69) is 76.8 Å². The van der Waals surface area contributed by atoms with Crippen LogP contribution in [0.5, 0.6) is 0 Å². The number of aromatic nitrogens is 4. The molecule has 0 unspecified atom stereocenters. The summed E-state index contributed by atoms with van der Waals surface area (Å²) in [5.74, 6) is 2.17.